The number of aliphatic hydroxyl groups is 1. The molecule has 0 aliphatic heterocycles. The molecular weight excluding hydrogens is 540 g/mol. The summed E-state index contributed by atoms with van der Waals surface area (Å²) in [4.78, 5) is 11.3. The maximum atomic E-state index is 11.3. The van der Waals surface area contributed by atoms with Gasteiger partial charge >= 0.3 is 5.97 Å². The Bertz CT molecular complexity index is 493. The molecule has 0 heterocycles. The first-order valence-electron chi connectivity index (χ1n) is 20.1. The molecule has 0 aromatic carbocycles. The van der Waals surface area contributed by atoms with Gasteiger partial charge in [0.1, 0.15) is 0 Å². The highest BCUT2D eigenvalue weighted by Gasteiger charge is 2.30. The summed E-state index contributed by atoms with van der Waals surface area (Å²) in [6.07, 6.45) is 50.4. The van der Waals surface area contributed by atoms with E-state index < -0.39 is 0 Å². The molecule has 0 amide bonds. The van der Waals surface area contributed by atoms with E-state index in [2.05, 4.69) is 6.58 Å². The van der Waals surface area contributed by atoms with Crippen molar-refractivity contribution in [2.75, 3.05) is 13.2 Å². The zero-order valence-corrected chi connectivity index (χ0v) is 29.7. The van der Waals surface area contributed by atoms with E-state index in [-0.39, 0.29) is 18.0 Å². The average Bonchev–Trinajstić information content (AvgIpc) is 3.02. The SMILES string of the molecule is C1CCCCCCCCCCC1.C1CCCCCCCCCCC1.C=CC(=O)OCC1(CO)CCCCCCCCCCC1. The summed E-state index contributed by atoms with van der Waals surface area (Å²) in [6.45, 7) is 3.86. The Morgan fingerprint density at radius 3 is 0.841 bits per heavy atom. The average molecular weight is 619 g/mol. The lowest BCUT2D eigenvalue weighted by molar-refractivity contribution is -0.143. The van der Waals surface area contributed by atoms with Crippen molar-refractivity contribution in [3.8, 4) is 0 Å². The van der Waals surface area contributed by atoms with E-state index in [1.165, 1.54) is 205 Å². The lowest BCUT2D eigenvalue weighted by Crippen LogP contribution is -2.32. The summed E-state index contributed by atoms with van der Waals surface area (Å²) in [5.41, 5.74) is -0.238. The van der Waals surface area contributed by atoms with E-state index >= 15 is 0 Å². The molecule has 260 valence electrons. The van der Waals surface area contributed by atoms with Gasteiger partial charge in [-0.1, -0.05) is 218 Å². The minimum atomic E-state index is -0.385. The zero-order chi connectivity index (χ0) is 31.7. The Morgan fingerprint density at radius 2 is 0.659 bits per heavy atom. The second kappa shape index (κ2) is 32.1. The summed E-state index contributed by atoms with van der Waals surface area (Å²) < 4.78 is 5.23. The minimum absolute atomic E-state index is 0.109. The van der Waals surface area contributed by atoms with Crippen LogP contribution in [0.2, 0.25) is 0 Å². The molecule has 3 saturated carbocycles. The highest BCUT2D eigenvalue weighted by molar-refractivity contribution is 5.81. The van der Waals surface area contributed by atoms with E-state index in [0.29, 0.717) is 6.61 Å². The standard InChI is InChI=1S/C17H30O3.2C12H24/c1-2-16(19)20-15-17(14-18)12-10-8-6-4-3-5-7-9-11-13-17;2*1-2-4-6-8-10-12-11-9-7-5-3-1/h2,18H,1,3-15H2;2*1-12H2. The number of ether oxygens (including phenoxy) is 1. The molecule has 3 nitrogen and oxygen atoms in total. The molecule has 1 N–H and O–H groups in total. The lowest BCUT2D eigenvalue weighted by atomic mass is 9.79. The van der Waals surface area contributed by atoms with Crippen LogP contribution in [0.1, 0.15) is 225 Å². The van der Waals surface area contributed by atoms with E-state index in [9.17, 15) is 9.90 Å². The van der Waals surface area contributed by atoms with Crippen LogP contribution in [0.15, 0.2) is 12.7 Å². The predicted molar refractivity (Wildman–Crippen MR) is 192 cm³/mol. The third-order valence-electron chi connectivity index (χ3n) is 10.4. The third kappa shape index (κ3) is 26.4. The molecule has 0 aromatic heterocycles. The molecule has 0 saturated heterocycles. The van der Waals surface area contributed by atoms with Gasteiger partial charge in [-0.2, -0.15) is 0 Å². The topological polar surface area (TPSA) is 46.5 Å². The van der Waals surface area contributed by atoms with E-state index in [4.69, 9.17) is 4.74 Å². The highest BCUT2D eigenvalue weighted by atomic mass is 16.5. The van der Waals surface area contributed by atoms with Crippen molar-refractivity contribution in [2.24, 2.45) is 5.41 Å². The van der Waals surface area contributed by atoms with Gasteiger partial charge in [-0.3, -0.25) is 0 Å². The van der Waals surface area contributed by atoms with Gasteiger partial charge in [-0.25, -0.2) is 4.79 Å². The first-order valence-corrected chi connectivity index (χ1v) is 20.1. The first-order chi connectivity index (χ1) is 21.7. The van der Waals surface area contributed by atoms with Crippen LogP contribution in [0.4, 0.5) is 0 Å². The predicted octanol–water partition coefficient (Wildman–Crippen LogP) is 13.4. The van der Waals surface area contributed by atoms with Gasteiger partial charge in [0.05, 0.1) is 13.2 Å². The molecule has 3 fully saturated rings. The van der Waals surface area contributed by atoms with Crippen LogP contribution < -0.4 is 0 Å². The summed E-state index contributed by atoms with van der Waals surface area (Å²) in [7, 11) is 0. The molecular formula is C41H78O3. The molecule has 44 heavy (non-hydrogen) atoms. The van der Waals surface area contributed by atoms with Crippen LogP contribution in [0.5, 0.6) is 0 Å². The largest absolute Gasteiger partial charge is 0.462 e. The number of rotatable bonds is 4. The molecule has 0 aromatic rings. The van der Waals surface area contributed by atoms with Gasteiger partial charge in [0.15, 0.2) is 0 Å². The third-order valence-corrected chi connectivity index (χ3v) is 10.4. The quantitative estimate of drug-likeness (QED) is 0.252. The summed E-state index contributed by atoms with van der Waals surface area (Å²) >= 11 is 0. The summed E-state index contributed by atoms with van der Waals surface area (Å²) in [5.74, 6) is -0.385. The van der Waals surface area contributed by atoms with Crippen LogP contribution in [0.25, 0.3) is 0 Å². The van der Waals surface area contributed by atoms with Crippen molar-refractivity contribution in [3.05, 3.63) is 12.7 Å². The lowest BCUT2D eigenvalue weighted by Gasteiger charge is -2.31. The van der Waals surface area contributed by atoms with Gasteiger partial charge in [0.25, 0.3) is 0 Å². The van der Waals surface area contributed by atoms with Crippen LogP contribution in [-0.2, 0) is 9.53 Å². The summed E-state index contributed by atoms with van der Waals surface area (Å²) in [6, 6.07) is 0. The van der Waals surface area contributed by atoms with E-state index in [1.54, 1.807) is 0 Å². The maximum Gasteiger partial charge on any atom is 0.330 e. The number of hydrogen-bond acceptors (Lipinski definition) is 3. The van der Waals surface area contributed by atoms with Crippen molar-refractivity contribution in [3.63, 3.8) is 0 Å². The molecule has 3 aliphatic carbocycles. The fraction of sp³-hybridized carbons (Fsp3) is 0.927. The molecule has 3 heteroatoms. The van der Waals surface area contributed by atoms with Crippen LogP contribution in [0, 0.1) is 5.41 Å². The smallest absolute Gasteiger partial charge is 0.330 e. The van der Waals surface area contributed by atoms with Crippen molar-refractivity contribution >= 4 is 5.97 Å². The molecule has 0 spiro atoms. The molecule has 3 rings (SSSR count). The number of aliphatic hydroxyl groups excluding tert-OH is 1. The Labute approximate surface area is 276 Å². The maximum absolute atomic E-state index is 11.3. The highest BCUT2D eigenvalue weighted by Crippen LogP contribution is 2.33. The van der Waals surface area contributed by atoms with Crippen LogP contribution in [-0.4, -0.2) is 24.3 Å². The number of hydrogen-bond donors (Lipinski definition) is 1. The first kappa shape index (κ1) is 41.2. The summed E-state index contributed by atoms with van der Waals surface area (Å²) in [5, 5.41) is 9.81. The molecule has 0 atom stereocenters. The second-order valence-corrected chi connectivity index (χ2v) is 14.6. The van der Waals surface area contributed by atoms with Gasteiger partial charge in [0, 0.05) is 11.5 Å². The van der Waals surface area contributed by atoms with Crippen LogP contribution >= 0.6 is 0 Å². The van der Waals surface area contributed by atoms with Crippen molar-refractivity contribution in [1.82, 2.24) is 0 Å². The molecule has 0 unspecified atom stereocenters. The van der Waals surface area contributed by atoms with Crippen molar-refractivity contribution in [1.29, 1.82) is 0 Å². The Morgan fingerprint density at radius 1 is 0.455 bits per heavy atom. The minimum Gasteiger partial charge on any atom is -0.462 e. The monoisotopic (exact) mass is 619 g/mol. The Balaban J connectivity index is 0.000000348. The Kier molecular flexibility index (Phi) is 30.1. The molecule has 3 aliphatic rings. The van der Waals surface area contributed by atoms with Gasteiger partial charge in [0.2, 0.25) is 0 Å². The zero-order valence-electron chi connectivity index (χ0n) is 29.7. The van der Waals surface area contributed by atoms with Crippen molar-refractivity contribution < 1.29 is 14.6 Å². The Hall–Kier alpha value is -0.830. The van der Waals surface area contributed by atoms with E-state index in [1.807, 2.05) is 0 Å². The fourth-order valence-corrected chi connectivity index (χ4v) is 7.24. The van der Waals surface area contributed by atoms with Gasteiger partial charge in [-0.05, 0) is 12.8 Å². The van der Waals surface area contributed by atoms with Gasteiger partial charge < -0.3 is 9.84 Å². The normalized spacial score (nSPS) is 22.8. The molecule has 0 bridgehead atoms. The second-order valence-electron chi connectivity index (χ2n) is 14.6. The number of carbonyl (C=O) groups excluding carboxylic acids is 1. The fourth-order valence-electron chi connectivity index (χ4n) is 7.24. The van der Waals surface area contributed by atoms with Crippen LogP contribution in [0.3, 0.4) is 0 Å². The van der Waals surface area contributed by atoms with E-state index in [0.717, 1.165) is 25.7 Å². The number of carbonyl (C=O) groups is 1. The molecule has 0 radical (unpaired) electrons. The van der Waals surface area contributed by atoms with Gasteiger partial charge in [-0.15, -0.1) is 0 Å². The number of esters is 1. The van der Waals surface area contributed by atoms with Crippen molar-refractivity contribution in [2.45, 2.75) is 225 Å².